The second-order valence-corrected chi connectivity index (χ2v) is 6.68. The molecule has 3 rings (SSSR count). The van der Waals surface area contributed by atoms with Crippen LogP contribution in [0, 0.1) is 5.41 Å². The van der Waals surface area contributed by atoms with Crippen molar-refractivity contribution in [1.29, 1.82) is 0 Å². The topological polar surface area (TPSA) is 38.0 Å². The summed E-state index contributed by atoms with van der Waals surface area (Å²) in [7, 11) is 0. The van der Waals surface area contributed by atoms with Gasteiger partial charge in [-0.1, -0.05) is 26.0 Å². The molecule has 1 aliphatic carbocycles. The van der Waals surface area contributed by atoms with Gasteiger partial charge in [-0.15, -0.1) is 0 Å². The van der Waals surface area contributed by atoms with Crippen LogP contribution in [0.4, 0.5) is 0 Å². The summed E-state index contributed by atoms with van der Waals surface area (Å²) in [5.74, 6) is 1.02. The molecule has 20 heavy (non-hydrogen) atoms. The Morgan fingerprint density at radius 3 is 2.70 bits per heavy atom. The van der Waals surface area contributed by atoms with E-state index >= 15 is 0 Å². The number of imidazole rings is 1. The summed E-state index contributed by atoms with van der Waals surface area (Å²) in [6.07, 6.45) is 3.95. The SMILES string of the molecule is CCCn1c(CC(C)(O)C2(C)CC2)nc2ccccc21. The van der Waals surface area contributed by atoms with Crippen molar-refractivity contribution in [2.24, 2.45) is 5.41 Å². The monoisotopic (exact) mass is 272 g/mol. The zero-order chi connectivity index (χ0) is 14.4. The average Bonchev–Trinajstić information content (AvgIpc) is 3.08. The summed E-state index contributed by atoms with van der Waals surface area (Å²) >= 11 is 0. The van der Waals surface area contributed by atoms with Crippen LogP contribution < -0.4 is 0 Å². The van der Waals surface area contributed by atoms with E-state index in [1.807, 2.05) is 13.0 Å². The average molecular weight is 272 g/mol. The molecule has 0 spiro atoms. The Balaban J connectivity index is 2.00. The zero-order valence-electron chi connectivity index (χ0n) is 12.7. The molecule has 1 heterocycles. The third kappa shape index (κ3) is 2.14. The minimum Gasteiger partial charge on any atom is -0.389 e. The first kappa shape index (κ1) is 13.6. The summed E-state index contributed by atoms with van der Waals surface area (Å²) in [4.78, 5) is 4.76. The molecule has 0 bridgehead atoms. The number of rotatable bonds is 5. The Hall–Kier alpha value is -1.35. The van der Waals surface area contributed by atoms with Crippen LogP contribution in [0.1, 0.15) is 45.9 Å². The van der Waals surface area contributed by atoms with Gasteiger partial charge in [-0.25, -0.2) is 4.98 Å². The molecule has 1 aromatic carbocycles. The summed E-state index contributed by atoms with van der Waals surface area (Å²) in [6, 6.07) is 8.25. The Morgan fingerprint density at radius 2 is 2.05 bits per heavy atom. The van der Waals surface area contributed by atoms with E-state index in [2.05, 4.69) is 36.6 Å². The Kier molecular flexibility index (Phi) is 3.13. The maximum Gasteiger partial charge on any atom is 0.112 e. The van der Waals surface area contributed by atoms with E-state index in [4.69, 9.17) is 4.98 Å². The van der Waals surface area contributed by atoms with Crippen LogP contribution in [-0.2, 0) is 13.0 Å². The smallest absolute Gasteiger partial charge is 0.112 e. The van der Waals surface area contributed by atoms with E-state index in [1.165, 1.54) is 5.52 Å². The van der Waals surface area contributed by atoms with Crippen LogP contribution in [0.5, 0.6) is 0 Å². The fraction of sp³-hybridized carbons (Fsp3) is 0.588. The molecule has 3 nitrogen and oxygen atoms in total. The number of benzene rings is 1. The standard InChI is InChI=1S/C17H24N2O/c1-4-11-19-14-8-6-5-7-13(14)18-15(19)12-17(3,20)16(2)9-10-16/h5-8,20H,4,9-12H2,1-3H3. The van der Waals surface area contributed by atoms with Gasteiger partial charge in [0.15, 0.2) is 0 Å². The molecular weight excluding hydrogens is 248 g/mol. The van der Waals surface area contributed by atoms with Crippen LogP contribution in [0.3, 0.4) is 0 Å². The minimum absolute atomic E-state index is 0.0716. The lowest BCUT2D eigenvalue weighted by Gasteiger charge is -2.30. The van der Waals surface area contributed by atoms with Gasteiger partial charge in [-0.2, -0.15) is 0 Å². The molecule has 1 N–H and O–H groups in total. The van der Waals surface area contributed by atoms with Crippen molar-refractivity contribution in [2.75, 3.05) is 0 Å². The van der Waals surface area contributed by atoms with E-state index in [0.717, 1.165) is 37.1 Å². The van der Waals surface area contributed by atoms with Gasteiger partial charge in [-0.05, 0) is 43.7 Å². The molecule has 2 aromatic rings. The summed E-state index contributed by atoms with van der Waals surface area (Å²) < 4.78 is 2.27. The minimum atomic E-state index is -0.667. The highest BCUT2D eigenvalue weighted by Crippen LogP contribution is 2.54. The number of aliphatic hydroxyl groups is 1. The molecular formula is C17H24N2O. The lowest BCUT2D eigenvalue weighted by atomic mass is 9.84. The number of para-hydroxylation sites is 2. The molecule has 1 fully saturated rings. The molecule has 1 saturated carbocycles. The van der Waals surface area contributed by atoms with Crippen molar-refractivity contribution < 1.29 is 5.11 Å². The van der Waals surface area contributed by atoms with Crippen LogP contribution in [-0.4, -0.2) is 20.3 Å². The van der Waals surface area contributed by atoms with Gasteiger partial charge < -0.3 is 9.67 Å². The zero-order valence-corrected chi connectivity index (χ0v) is 12.7. The lowest BCUT2D eigenvalue weighted by Crippen LogP contribution is -2.37. The van der Waals surface area contributed by atoms with Crippen molar-refractivity contribution in [2.45, 2.75) is 58.6 Å². The van der Waals surface area contributed by atoms with Gasteiger partial charge in [-0.3, -0.25) is 0 Å². The highest BCUT2D eigenvalue weighted by Gasteiger charge is 2.52. The van der Waals surface area contributed by atoms with Gasteiger partial charge in [0.1, 0.15) is 5.82 Å². The maximum atomic E-state index is 10.8. The predicted molar refractivity (Wildman–Crippen MR) is 81.7 cm³/mol. The first-order chi connectivity index (χ1) is 9.47. The molecule has 108 valence electrons. The van der Waals surface area contributed by atoms with E-state index in [9.17, 15) is 5.11 Å². The number of hydrogen-bond donors (Lipinski definition) is 1. The number of hydrogen-bond acceptors (Lipinski definition) is 2. The number of nitrogens with zero attached hydrogens (tertiary/aromatic N) is 2. The van der Waals surface area contributed by atoms with Crippen LogP contribution >= 0.6 is 0 Å². The van der Waals surface area contributed by atoms with Crippen LogP contribution in [0.15, 0.2) is 24.3 Å². The molecule has 1 aromatic heterocycles. The van der Waals surface area contributed by atoms with Crippen LogP contribution in [0.25, 0.3) is 11.0 Å². The normalized spacial score (nSPS) is 20.0. The summed E-state index contributed by atoms with van der Waals surface area (Å²) in [5.41, 5.74) is 1.62. The van der Waals surface area contributed by atoms with E-state index in [0.29, 0.717) is 6.42 Å². The molecule has 1 atom stereocenters. The van der Waals surface area contributed by atoms with Crippen molar-refractivity contribution in [3.63, 3.8) is 0 Å². The van der Waals surface area contributed by atoms with Crippen LogP contribution in [0.2, 0.25) is 0 Å². The molecule has 0 aliphatic heterocycles. The fourth-order valence-electron chi connectivity index (χ4n) is 2.98. The number of fused-ring (bicyclic) bond motifs is 1. The van der Waals surface area contributed by atoms with Gasteiger partial charge >= 0.3 is 0 Å². The van der Waals surface area contributed by atoms with Gasteiger partial charge in [0.05, 0.1) is 16.6 Å². The van der Waals surface area contributed by atoms with E-state index < -0.39 is 5.60 Å². The molecule has 0 radical (unpaired) electrons. The number of aromatic nitrogens is 2. The molecule has 0 saturated heterocycles. The van der Waals surface area contributed by atoms with Crippen molar-refractivity contribution in [1.82, 2.24) is 9.55 Å². The molecule has 3 heteroatoms. The first-order valence-electron chi connectivity index (χ1n) is 7.63. The van der Waals surface area contributed by atoms with Crippen molar-refractivity contribution in [3.05, 3.63) is 30.1 Å². The van der Waals surface area contributed by atoms with Gasteiger partial charge in [0.2, 0.25) is 0 Å². The Morgan fingerprint density at radius 1 is 1.35 bits per heavy atom. The summed E-state index contributed by atoms with van der Waals surface area (Å²) in [5, 5.41) is 10.8. The second-order valence-electron chi connectivity index (χ2n) is 6.68. The van der Waals surface area contributed by atoms with Crippen molar-refractivity contribution >= 4 is 11.0 Å². The van der Waals surface area contributed by atoms with E-state index in [-0.39, 0.29) is 5.41 Å². The quantitative estimate of drug-likeness (QED) is 0.904. The highest BCUT2D eigenvalue weighted by molar-refractivity contribution is 5.75. The predicted octanol–water partition coefficient (Wildman–Crippen LogP) is 3.54. The second kappa shape index (κ2) is 4.59. The maximum absolute atomic E-state index is 10.8. The summed E-state index contributed by atoms with van der Waals surface area (Å²) in [6.45, 7) is 7.29. The molecule has 1 aliphatic rings. The largest absolute Gasteiger partial charge is 0.389 e. The fourth-order valence-corrected chi connectivity index (χ4v) is 2.98. The van der Waals surface area contributed by atoms with Crippen molar-refractivity contribution in [3.8, 4) is 0 Å². The third-order valence-electron chi connectivity index (χ3n) is 4.98. The Bertz CT molecular complexity index is 623. The van der Waals surface area contributed by atoms with Gasteiger partial charge in [0, 0.05) is 13.0 Å². The molecule has 1 unspecified atom stereocenters. The highest BCUT2D eigenvalue weighted by atomic mass is 16.3. The van der Waals surface area contributed by atoms with Gasteiger partial charge in [0.25, 0.3) is 0 Å². The Labute approximate surface area is 120 Å². The third-order valence-corrected chi connectivity index (χ3v) is 4.98. The lowest BCUT2D eigenvalue weighted by molar-refractivity contribution is -0.00929. The first-order valence-corrected chi connectivity index (χ1v) is 7.63. The van der Waals surface area contributed by atoms with E-state index in [1.54, 1.807) is 0 Å². The number of aryl methyl sites for hydroxylation is 1. The molecule has 0 amide bonds.